The molecule has 7 heteroatoms. The zero-order chi connectivity index (χ0) is 18.4. The Labute approximate surface area is 155 Å². The Balaban J connectivity index is 1.54. The highest BCUT2D eigenvalue weighted by atomic mass is 32.1. The number of carboxylic acids is 1. The van der Waals surface area contributed by atoms with Gasteiger partial charge in [-0.15, -0.1) is 11.3 Å². The average molecular weight is 372 g/mol. The quantitative estimate of drug-likeness (QED) is 0.860. The number of amides is 1. The Morgan fingerprint density at radius 3 is 2.46 bits per heavy atom. The van der Waals surface area contributed by atoms with Gasteiger partial charge in [0, 0.05) is 10.4 Å². The summed E-state index contributed by atoms with van der Waals surface area (Å²) in [5, 5.41) is 12.8. The van der Waals surface area contributed by atoms with Crippen LogP contribution in [0.25, 0.3) is 11.3 Å². The van der Waals surface area contributed by atoms with E-state index in [1.807, 2.05) is 38.1 Å². The lowest BCUT2D eigenvalue weighted by Crippen LogP contribution is -2.40. The van der Waals surface area contributed by atoms with Gasteiger partial charge in [0.1, 0.15) is 0 Å². The number of carbonyl (C=O) groups excluding carboxylic acids is 1. The smallest absolute Gasteiger partial charge is 0.310 e. The lowest BCUT2D eigenvalue weighted by molar-refractivity contribution is -0.147. The van der Waals surface area contributed by atoms with Crippen molar-refractivity contribution in [1.82, 2.24) is 4.98 Å². The highest BCUT2D eigenvalue weighted by molar-refractivity contribution is 7.16. The van der Waals surface area contributed by atoms with E-state index in [1.165, 1.54) is 16.9 Å². The van der Waals surface area contributed by atoms with Crippen LogP contribution in [0.15, 0.2) is 24.3 Å². The van der Waals surface area contributed by atoms with Gasteiger partial charge in [0.15, 0.2) is 5.13 Å². The fourth-order valence-corrected chi connectivity index (χ4v) is 4.78. The summed E-state index contributed by atoms with van der Waals surface area (Å²) in [5.74, 6) is -2.70. The van der Waals surface area contributed by atoms with E-state index >= 15 is 0 Å². The monoisotopic (exact) mass is 372 g/mol. The van der Waals surface area contributed by atoms with Gasteiger partial charge in [-0.2, -0.15) is 0 Å². The van der Waals surface area contributed by atoms with E-state index in [1.54, 1.807) is 0 Å². The number of hydrogen-bond donors (Lipinski definition) is 2. The number of nitrogens with zero attached hydrogens (tertiary/aromatic N) is 1. The first-order valence-electron chi connectivity index (χ1n) is 8.67. The largest absolute Gasteiger partial charge is 0.481 e. The maximum absolute atomic E-state index is 12.7. The number of ether oxygens (including phenoxy) is 1. The molecule has 1 amide bonds. The summed E-state index contributed by atoms with van der Waals surface area (Å²) in [5.41, 5.74) is 3.01. The summed E-state index contributed by atoms with van der Waals surface area (Å²) in [6, 6.07) is 8.06. The number of nitrogens with one attached hydrogen (secondary N) is 1. The van der Waals surface area contributed by atoms with Crippen molar-refractivity contribution in [1.29, 1.82) is 0 Å². The number of rotatable bonds is 4. The van der Waals surface area contributed by atoms with Crippen molar-refractivity contribution in [2.24, 2.45) is 11.8 Å². The molecule has 2 saturated heterocycles. The molecular weight excluding hydrogens is 352 g/mol. The number of hydrogen-bond acceptors (Lipinski definition) is 5. The summed E-state index contributed by atoms with van der Waals surface area (Å²) in [6.45, 7) is 3.99. The zero-order valence-electron chi connectivity index (χ0n) is 14.6. The SMILES string of the molecule is Cc1ccc(-c2nc(NC(=O)[C@@H]3[C@@H](C(=O)O)[C@H]4CC[C@@H]3O4)sc2C)cc1. The molecule has 0 aliphatic carbocycles. The minimum absolute atomic E-state index is 0.307. The third-order valence-electron chi connectivity index (χ3n) is 5.21. The first-order chi connectivity index (χ1) is 12.4. The van der Waals surface area contributed by atoms with Gasteiger partial charge in [0.05, 0.1) is 29.7 Å². The molecule has 1 aromatic carbocycles. The molecule has 2 fully saturated rings. The normalized spacial score (nSPS) is 26.8. The number of aromatic nitrogens is 1. The molecule has 0 spiro atoms. The van der Waals surface area contributed by atoms with Gasteiger partial charge in [-0.1, -0.05) is 29.8 Å². The summed E-state index contributed by atoms with van der Waals surface area (Å²) in [4.78, 5) is 29.8. The molecule has 0 unspecified atom stereocenters. The highest BCUT2D eigenvalue weighted by Gasteiger charge is 2.55. The number of fused-ring (bicyclic) bond motifs is 2. The van der Waals surface area contributed by atoms with Crippen LogP contribution >= 0.6 is 11.3 Å². The van der Waals surface area contributed by atoms with Crippen LogP contribution in [0.4, 0.5) is 5.13 Å². The fourth-order valence-electron chi connectivity index (χ4n) is 3.94. The van der Waals surface area contributed by atoms with E-state index < -0.39 is 17.8 Å². The van der Waals surface area contributed by atoms with E-state index in [4.69, 9.17) is 4.74 Å². The lowest BCUT2D eigenvalue weighted by Gasteiger charge is -2.23. The van der Waals surface area contributed by atoms with Gasteiger partial charge in [0.25, 0.3) is 0 Å². The highest BCUT2D eigenvalue weighted by Crippen LogP contribution is 2.44. The van der Waals surface area contributed by atoms with Crippen LogP contribution < -0.4 is 5.32 Å². The predicted octanol–water partition coefficient (Wildman–Crippen LogP) is 3.24. The van der Waals surface area contributed by atoms with Crippen molar-refractivity contribution in [2.45, 2.75) is 38.9 Å². The van der Waals surface area contributed by atoms with Crippen LogP contribution in [0, 0.1) is 25.7 Å². The van der Waals surface area contributed by atoms with E-state index in [2.05, 4.69) is 10.3 Å². The first-order valence-corrected chi connectivity index (χ1v) is 9.49. The molecule has 2 N–H and O–H groups in total. The summed E-state index contributed by atoms with van der Waals surface area (Å²) >= 11 is 1.40. The Morgan fingerprint density at radius 2 is 1.81 bits per heavy atom. The van der Waals surface area contributed by atoms with Crippen LogP contribution in [-0.2, 0) is 14.3 Å². The number of thiazole rings is 1. The van der Waals surface area contributed by atoms with Crippen LogP contribution in [0.5, 0.6) is 0 Å². The molecule has 0 radical (unpaired) electrons. The van der Waals surface area contributed by atoms with E-state index in [-0.39, 0.29) is 18.1 Å². The van der Waals surface area contributed by atoms with Crippen molar-refractivity contribution in [3.8, 4) is 11.3 Å². The Morgan fingerprint density at radius 1 is 1.15 bits per heavy atom. The summed E-state index contributed by atoms with van der Waals surface area (Å²) < 4.78 is 5.67. The average Bonchev–Trinajstić information content (AvgIpc) is 3.29. The second kappa shape index (κ2) is 6.48. The maximum atomic E-state index is 12.7. The van der Waals surface area contributed by atoms with Crippen LogP contribution in [-0.4, -0.2) is 34.2 Å². The van der Waals surface area contributed by atoms with Crippen molar-refractivity contribution in [3.63, 3.8) is 0 Å². The number of aryl methyl sites for hydroxylation is 2. The third-order valence-corrected chi connectivity index (χ3v) is 6.10. The molecule has 2 aliphatic heterocycles. The topological polar surface area (TPSA) is 88.5 Å². The van der Waals surface area contributed by atoms with Crippen LogP contribution in [0.2, 0.25) is 0 Å². The number of benzene rings is 1. The maximum Gasteiger partial charge on any atom is 0.310 e. The molecule has 0 saturated carbocycles. The summed E-state index contributed by atoms with van der Waals surface area (Å²) in [7, 11) is 0. The van der Waals surface area contributed by atoms with Gasteiger partial charge in [0.2, 0.25) is 5.91 Å². The first kappa shape index (κ1) is 17.2. The van der Waals surface area contributed by atoms with Crippen molar-refractivity contribution < 1.29 is 19.4 Å². The molecular formula is C19H20N2O4S. The molecule has 2 bridgehead atoms. The number of aliphatic carboxylic acids is 1. The molecule has 4 rings (SSSR count). The minimum atomic E-state index is -0.965. The Kier molecular flexibility index (Phi) is 4.28. The second-order valence-corrected chi connectivity index (χ2v) is 8.16. The number of anilines is 1. The van der Waals surface area contributed by atoms with Gasteiger partial charge in [-0.25, -0.2) is 4.98 Å². The van der Waals surface area contributed by atoms with Crippen LogP contribution in [0.3, 0.4) is 0 Å². The molecule has 3 heterocycles. The Bertz CT molecular complexity index is 861. The lowest BCUT2D eigenvalue weighted by atomic mass is 9.79. The van der Waals surface area contributed by atoms with E-state index in [0.717, 1.165) is 22.6 Å². The number of carboxylic acid groups (broad SMARTS) is 1. The molecule has 136 valence electrons. The molecule has 6 nitrogen and oxygen atoms in total. The predicted molar refractivity (Wildman–Crippen MR) is 98.2 cm³/mol. The van der Waals surface area contributed by atoms with Crippen molar-refractivity contribution in [3.05, 3.63) is 34.7 Å². The molecule has 4 atom stereocenters. The van der Waals surface area contributed by atoms with Crippen LogP contribution in [0.1, 0.15) is 23.3 Å². The molecule has 1 aromatic heterocycles. The standard InChI is InChI=1S/C19H20N2O4S/c1-9-3-5-11(6-4-9)16-10(2)26-19(20-16)21-17(22)14-12-7-8-13(25-12)15(14)18(23)24/h3-6,12-15H,7-8H2,1-2H3,(H,23,24)(H,20,21,22)/t12-,13+,14-,15-/m0/s1. The Hall–Kier alpha value is -2.25. The van der Waals surface area contributed by atoms with Crippen molar-refractivity contribution >= 4 is 28.3 Å². The fraction of sp³-hybridized carbons (Fsp3) is 0.421. The van der Waals surface area contributed by atoms with Crippen molar-refractivity contribution in [2.75, 3.05) is 5.32 Å². The third kappa shape index (κ3) is 2.91. The van der Waals surface area contributed by atoms with E-state index in [9.17, 15) is 14.7 Å². The second-order valence-electron chi connectivity index (χ2n) is 6.96. The van der Waals surface area contributed by atoms with Gasteiger partial charge in [-0.05, 0) is 26.7 Å². The number of carbonyl (C=O) groups is 2. The zero-order valence-corrected chi connectivity index (χ0v) is 15.4. The van der Waals surface area contributed by atoms with Gasteiger partial charge in [-0.3, -0.25) is 9.59 Å². The summed E-state index contributed by atoms with van der Waals surface area (Å²) in [6.07, 6.45) is 0.783. The van der Waals surface area contributed by atoms with Gasteiger partial charge < -0.3 is 15.2 Å². The van der Waals surface area contributed by atoms with Gasteiger partial charge >= 0.3 is 5.97 Å². The van der Waals surface area contributed by atoms with E-state index in [0.29, 0.717) is 11.6 Å². The molecule has 26 heavy (non-hydrogen) atoms. The minimum Gasteiger partial charge on any atom is -0.481 e. The molecule has 2 aliphatic rings. The molecule has 2 aromatic rings.